The summed E-state index contributed by atoms with van der Waals surface area (Å²) in [4.78, 5) is 21.8. The van der Waals surface area contributed by atoms with E-state index in [-0.39, 0.29) is 5.78 Å². The van der Waals surface area contributed by atoms with Gasteiger partial charge in [-0.2, -0.15) is 5.10 Å². The molecule has 2 aromatic carbocycles. The van der Waals surface area contributed by atoms with Crippen LogP contribution in [0.2, 0.25) is 0 Å². The third-order valence-electron chi connectivity index (χ3n) is 4.71. The summed E-state index contributed by atoms with van der Waals surface area (Å²) in [5.74, 6) is 0.772. The van der Waals surface area contributed by atoms with Gasteiger partial charge in [-0.3, -0.25) is 9.36 Å². The lowest BCUT2D eigenvalue weighted by atomic mass is 10.1. The fraction of sp³-hybridized carbons (Fsp3) is 0.100. The van der Waals surface area contributed by atoms with E-state index in [9.17, 15) is 4.79 Å². The molecule has 5 rings (SSSR count). The Hall–Kier alpha value is -3.06. The minimum absolute atomic E-state index is 0.00261. The van der Waals surface area contributed by atoms with Crippen LogP contribution in [-0.4, -0.2) is 30.1 Å². The van der Waals surface area contributed by atoms with E-state index in [0.29, 0.717) is 18.7 Å². The third-order valence-corrected chi connectivity index (χ3v) is 5.21. The molecule has 0 fully saturated rings. The lowest BCUT2D eigenvalue weighted by Gasteiger charge is -2.09. The molecule has 0 aliphatic carbocycles. The number of fused-ring (bicyclic) bond motifs is 5. The van der Waals surface area contributed by atoms with Crippen molar-refractivity contribution < 1.29 is 4.79 Å². The second kappa shape index (κ2) is 6.28. The van der Waals surface area contributed by atoms with Crippen molar-refractivity contribution in [1.82, 2.24) is 24.3 Å². The zero-order valence-corrected chi connectivity index (χ0v) is 15.8. The molecule has 27 heavy (non-hydrogen) atoms. The molecule has 0 unspecified atom stereocenters. The molecule has 0 saturated heterocycles. The average Bonchev–Trinajstić information content (AvgIpc) is 3.28. The summed E-state index contributed by atoms with van der Waals surface area (Å²) in [7, 11) is 0. The van der Waals surface area contributed by atoms with Crippen molar-refractivity contribution >= 4 is 21.7 Å². The van der Waals surface area contributed by atoms with Crippen LogP contribution in [0.25, 0.3) is 17.1 Å². The Labute approximate surface area is 163 Å². The van der Waals surface area contributed by atoms with E-state index in [0.717, 1.165) is 32.8 Å². The van der Waals surface area contributed by atoms with Gasteiger partial charge in [0.15, 0.2) is 11.6 Å². The van der Waals surface area contributed by atoms with Crippen LogP contribution in [0.15, 0.2) is 65.7 Å². The Morgan fingerprint density at radius 1 is 1.11 bits per heavy atom. The van der Waals surface area contributed by atoms with Crippen LogP contribution in [-0.2, 0) is 13.0 Å². The number of carbonyl (C=O) groups excluding carboxylic acids is 1. The molecule has 0 saturated carbocycles. The molecular weight excluding hydrogens is 406 g/mol. The molecule has 0 spiro atoms. The van der Waals surface area contributed by atoms with Crippen molar-refractivity contribution in [1.29, 1.82) is 0 Å². The van der Waals surface area contributed by atoms with Crippen LogP contribution in [0.4, 0.5) is 0 Å². The smallest absolute Gasteiger partial charge is 0.187 e. The highest BCUT2D eigenvalue weighted by molar-refractivity contribution is 9.10. The highest BCUT2D eigenvalue weighted by atomic mass is 79.9. The standard InChI is InChI=1S/C20H14BrN5O/c21-14-6-7-16-15(9-14)20-22-11-24-26(20)10-17-19(23-12-25(16)17)18(27)8-13-4-2-1-3-5-13/h1-7,9,11-12H,8,10H2. The molecule has 1 aliphatic rings. The van der Waals surface area contributed by atoms with Crippen LogP contribution in [0.1, 0.15) is 21.7 Å². The van der Waals surface area contributed by atoms with Gasteiger partial charge in [-0.05, 0) is 23.8 Å². The third kappa shape index (κ3) is 2.71. The Kier molecular flexibility index (Phi) is 3.75. The summed E-state index contributed by atoms with van der Waals surface area (Å²) >= 11 is 3.53. The van der Waals surface area contributed by atoms with E-state index in [1.807, 2.05) is 57.8 Å². The fourth-order valence-electron chi connectivity index (χ4n) is 3.46. The largest absolute Gasteiger partial charge is 0.300 e. The van der Waals surface area contributed by atoms with E-state index < -0.39 is 0 Å². The van der Waals surface area contributed by atoms with Gasteiger partial charge < -0.3 is 0 Å². The van der Waals surface area contributed by atoms with Gasteiger partial charge in [0, 0.05) is 16.5 Å². The van der Waals surface area contributed by atoms with Gasteiger partial charge in [0.25, 0.3) is 0 Å². The van der Waals surface area contributed by atoms with Crippen molar-refractivity contribution in [3.8, 4) is 17.1 Å². The first-order valence-corrected chi connectivity index (χ1v) is 9.31. The van der Waals surface area contributed by atoms with Crippen molar-refractivity contribution in [2.24, 2.45) is 0 Å². The lowest BCUT2D eigenvalue weighted by Crippen LogP contribution is -2.12. The molecule has 132 valence electrons. The number of Topliss-reactive ketones (excluding diaryl/α,β-unsaturated/α-hetero) is 1. The number of nitrogens with zero attached hydrogens (tertiary/aromatic N) is 5. The van der Waals surface area contributed by atoms with Crippen LogP contribution < -0.4 is 0 Å². The Morgan fingerprint density at radius 2 is 1.96 bits per heavy atom. The first-order chi connectivity index (χ1) is 13.2. The molecule has 0 N–H and O–H groups in total. The maximum Gasteiger partial charge on any atom is 0.187 e. The Morgan fingerprint density at radius 3 is 2.81 bits per heavy atom. The fourth-order valence-corrected chi connectivity index (χ4v) is 3.82. The van der Waals surface area contributed by atoms with Crippen LogP contribution in [0.5, 0.6) is 0 Å². The molecule has 7 heteroatoms. The molecule has 0 radical (unpaired) electrons. The molecule has 0 bridgehead atoms. The van der Waals surface area contributed by atoms with Crippen molar-refractivity contribution in [2.75, 3.05) is 0 Å². The number of carbonyl (C=O) groups is 1. The zero-order valence-electron chi connectivity index (χ0n) is 14.2. The normalized spacial score (nSPS) is 12.0. The molecule has 3 heterocycles. The summed E-state index contributed by atoms with van der Waals surface area (Å²) in [6.45, 7) is 0.442. The topological polar surface area (TPSA) is 65.6 Å². The zero-order chi connectivity index (χ0) is 18.4. The van der Waals surface area contributed by atoms with E-state index in [4.69, 9.17) is 0 Å². The van der Waals surface area contributed by atoms with Crippen LogP contribution >= 0.6 is 15.9 Å². The van der Waals surface area contributed by atoms with Gasteiger partial charge in [-0.15, -0.1) is 0 Å². The van der Waals surface area contributed by atoms with E-state index in [2.05, 4.69) is 31.0 Å². The quantitative estimate of drug-likeness (QED) is 0.418. The highest BCUT2D eigenvalue weighted by Gasteiger charge is 2.26. The van der Waals surface area contributed by atoms with Gasteiger partial charge in [0.1, 0.15) is 18.3 Å². The number of hydrogen-bond donors (Lipinski definition) is 0. The highest BCUT2D eigenvalue weighted by Crippen LogP contribution is 2.33. The first kappa shape index (κ1) is 16.1. The minimum atomic E-state index is -0.00261. The average molecular weight is 420 g/mol. The number of hydrogen-bond acceptors (Lipinski definition) is 4. The summed E-state index contributed by atoms with van der Waals surface area (Å²) in [6.07, 6.45) is 3.58. The molecule has 4 aromatic rings. The second-order valence-electron chi connectivity index (χ2n) is 6.40. The van der Waals surface area contributed by atoms with Crippen molar-refractivity contribution in [3.05, 3.63) is 82.6 Å². The number of halogens is 1. The molecule has 1 aliphatic heterocycles. The van der Waals surface area contributed by atoms with Crippen LogP contribution in [0.3, 0.4) is 0 Å². The van der Waals surface area contributed by atoms with E-state index >= 15 is 0 Å². The predicted molar refractivity (Wildman–Crippen MR) is 104 cm³/mol. The number of aromatic nitrogens is 5. The molecule has 2 aromatic heterocycles. The molecule has 0 atom stereocenters. The van der Waals surface area contributed by atoms with E-state index in [1.54, 1.807) is 6.33 Å². The number of benzene rings is 2. The Bertz CT molecular complexity index is 1160. The number of rotatable bonds is 3. The summed E-state index contributed by atoms with van der Waals surface area (Å²) in [5, 5.41) is 4.35. The maximum atomic E-state index is 12.9. The van der Waals surface area contributed by atoms with Crippen LogP contribution in [0, 0.1) is 0 Å². The van der Waals surface area contributed by atoms with Gasteiger partial charge >= 0.3 is 0 Å². The first-order valence-electron chi connectivity index (χ1n) is 8.52. The number of ketones is 1. The molecular formula is C20H14BrN5O. The van der Waals surface area contributed by atoms with Crippen molar-refractivity contribution in [3.63, 3.8) is 0 Å². The maximum absolute atomic E-state index is 12.9. The lowest BCUT2D eigenvalue weighted by molar-refractivity contribution is 0.0987. The minimum Gasteiger partial charge on any atom is -0.300 e. The predicted octanol–water partition coefficient (Wildman–Crippen LogP) is 3.68. The van der Waals surface area contributed by atoms with Crippen molar-refractivity contribution in [2.45, 2.75) is 13.0 Å². The van der Waals surface area contributed by atoms with Gasteiger partial charge in [-0.1, -0.05) is 46.3 Å². The Balaban J connectivity index is 1.63. The summed E-state index contributed by atoms with van der Waals surface area (Å²) in [6, 6.07) is 15.7. The van der Waals surface area contributed by atoms with E-state index in [1.165, 1.54) is 6.33 Å². The summed E-state index contributed by atoms with van der Waals surface area (Å²) in [5.41, 5.74) is 4.16. The number of imidazole rings is 1. The van der Waals surface area contributed by atoms with Gasteiger partial charge in [0.05, 0.1) is 17.9 Å². The van der Waals surface area contributed by atoms with Gasteiger partial charge in [-0.25, -0.2) is 14.6 Å². The molecule has 0 amide bonds. The monoisotopic (exact) mass is 419 g/mol. The SMILES string of the molecule is O=C(Cc1ccccc1)c1ncn2c1Cn1ncnc1-c1cc(Br)ccc1-2. The second-order valence-corrected chi connectivity index (χ2v) is 7.31. The summed E-state index contributed by atoms with van der Waals surface area (Å²) < 4.78 is 4.74. The molecule has 6 nitrogen and oxygen atoms in total. The van der Waals surface area contributed by atoms with Gasteiger partial charge in [0.2, 0.25) is 0 Å².